The van der Waals surface area contributed by atoms with Gasteiger partial charge in [-0.3, -0.25) is 0 Å². The zero-order valence-corrected chi connectivity index (χ0v) is 8.13. The van der Waals surface area contributed by atoms with Gasteiger partial charge in [0.25, 0.3) is 0 Å². The molecule has 70 valence electrons. The van der Waals surface area contributed by atoms with Gasteiger partial charge in [0.1, 0.15) is 0 Å². The topological polar surface area (TPSA) is 20.2 Å². The maximum Gasteiger partial charge on any atom is 0.0706 e. The monoisotopic (exact) mass is 188 g/mol. The molecule has 2 heteroatoms. The van der Waals surface area contributed by atoms with E-state index in [2.05, 4.69) is 0 Å². The largest absolute Gasteiger partial charge is 0.392 e. The SMILES string of the molecule is OC1CCC2CCCCC2C1Cl. The van der Waals surface area contributed by atoms with Gasteiger partial charge in [-0.05, 0) is 31.1 Å². The van der Waals surface area contributed by atoms with Crippen LogP contribution in [0.4, 0.5) is 0 Å². The van der Waals surface area contributed by atoms with Crippen molar-refractivity contribution >= 4 is 11.6 Å². The first-order chi connectivity index (χ1) is 5.79. The van der Waals surface area contributed by atoms with Crippen LogP contribution in [-0.2, 0) is 0 Å². The maximum absolute atomic E-state index is 9.58. The van der Waals surface area contributed by atoms with Gasteiger partial charge in [0.05, 0.1) is 11.5 Å². The van der Waals surface area contributed by atoms with E-state index < -0.39 is 0 Å². The van der Waals surface area contributed by atoms with E-state index in [1.165, 1.54) is 32.1 Å². The van der Waals surface area contributed by atoms with Gasteiger partial charge in [0.15, 0.2) is 0 Å². The molecule has 4 unspecified atom stereocenters. The standard InChI is InChI=1S/C10H17ClO/c11-10-8-4-2-1-3-7(8)5-6-9(10)12/h7-10,12H,1-6H2. The molecule has 2 aliphatic carbocycles. The molecule has 0 aromatic rings. The molecule has 0 aromatic carbocycles. The van der Waals surface area contributed by atoms with Gasteiger partial charge in [-0.25, -0.2) is 0 Å². The summed E-state index contributed by atoms with van der Waals surface area (Å²) in [6.07, 6.45) is 7.18. The summed E-state index contributed by atoms with van der Waals surface area (Å²) in [4.78, 5) is 0. The Labute approximate surface area is 79.1 Å². The molecule has 0 spiro atoms. The highest BCUT2D eigenvalue weighted by atomic mass is 35.5. The fourth-order valence-electron chi connectivity index (χ4n) is 2.84. The van der Waals surface area contributed by atoms with Gasteiger partial charge < -0.3 is 5.11 Å². The van der Waals surface area contributed by atoms with E-state index in [-0.39, 0.29) is 11.5 Å². The van der Waals surface area contributed by atoms with Crippen molar-refractivity contribution in [1.82, 2.24) is 0 Å². The third-order valence-corrected chi connectivity index (χ3v) is 4.19. The fraction of sp³-hybridized carbons (Fsp3) is 1.00. The molecule has 0 aromatic heterocycles. The third kappa shape index (κ3) is 1.49. The number of hydrogen-bond acceptors (Lipinski definition) is 1. The van der Waals surface area contributed by atoms with E-state index in [0.29, 0.717) is 5.92 Å². The van der Waals surface area contributed by atoms with Crippen LogP contribution in [0.15, 0.2) is 0 Å². The molecule has 2 fully saturated rings. The smallest absolute Gasteiger partial charge is 0.0706 e. The molecule has 0 saturated heterocycles. The molecular weight excluding hydrogens is 172 g/mol. The molecule has 0 bridgehead atoms. The van der Waals surface area contributed by atoms with E-state index in [9.17, 15) is 5.11 Å². The Kier molecular flexibility index (Phi) is 2.61. The summed E-state index contributed by atoms with van der Waals surface area (Å²) >= 11 is 6.19. The molecule has 0 heterocycles. The van der Waals surface area contributed by atoms with Crippen LogP contribution in [0.25, 0.3) is 0 Å². The number of fused-ring (bicyclic) bond motifs is 1. The number of aliphatic hydroxyl groups excluding tert-OH is 1. The second-order valence-corrected chi connectivity index (χ2v) is 4.80. The van der Waals surface area contributed by atoms with Crippen molar-refractivity contribution in [3.8, 4) is 0 Å². The normalized spacial score (nSPS) is 48.5. The van der Waals surface area contributed by atoms with Crippen LogP contribution in [-0.4, -0.2) is 16.6 Å². The van der Waals surface area contributed by atoms with E-state index in [4.69, 9.17) is 11.6 Å². The maximum atomic E-state index is 9.58. The van der Waals surface area contributed by atoms with Crippen LogP contribution < -0.4 is 0 Å². The lowest BCUT2D eigenvalue weighted by Gasteiger charge is -2.41. The predicted molar refractivity (Wildman–Crippen MR) is 50.3 cm³/mol. The minimum Gasteiger partial charge on any atom is -0.392 e. The van der Waals surface area contributed by atoms with Crippen molar-refractivity contribution in [3.05, 3.63) is 0 Å². The van der Waals surface area contributed by atoms with Gasteiger partial charge in [0.2, 0.25) is 0 Å². The van der Waals surface area contributed by atoms with E-state index in [1.807, 2.05) is 0 Å². The second kappa shape index (κ2) is 3.55. The first-order valence-corrected chi connectivity index (χ1v) is 5.55. The van der Waals surface area contributed by atoms with Crippen molar-refractivity contribution in [2.75, 3.05) is 0 Å². The zero-order valence-electron chi connectivity index (χ0n) is 7.38. The highest BCUT2D eigenvalue weighted by Gasteiger charge is 2.38. The first kappa shape index (κ1) is 8.83. The Hall–Kier alpha value is 0.250. The molecule has 1 nitrogen and oxygen atoms in total. The molecule has 2 saturated carbocycles. The van der Waals surface area contributed by atoms with Crippen LogP contribution in [0.5, 0.6) is 0 Å². The number of rotatable bonds is 0. The molecule has 2 aliphatic rings. The Morgan fingerprint density at radius 1 is 1.00 bits per heavy atom. The van der Waals surface area contributed by atoms with Crippen LogP contribution in [0.3, 0.4) is 0 Å². The summed E-state index contributed by atoms with van der Waals surface area (Å²) in [7, 11) is 0. The predicted octanol–water partition coefficient (Wildman–Crippen LogP) is 2.55. The highest BCUT2D eigenvalue weighted by molar-refractivity contribution is 6.21. The molecular formula is C10H17ClO. The fourth-order valence-corrected chi connectivity index (χ4v) is 3.30. The molecule has 2 rings (SSSR count). The number of halogens is 1. The van der Waals surface area contributed by atoms with E-state index in [0.717, 1.165) is 12.3 Å². The lowest BCUT2D eigenvalue weighted by molar-refractivity contribution is 0.0542. The van der Waals surface area contributed by atoms with Crippen LogP contribution in [0, 0.1) is 11.8 Å². The molecule has 0 amide bonds. The average Bonchev–Trinajstić information content (AvgIpc) is 2.12. The zero-order chi connectivity index (χ0) is 8.55. The molecule has 1 N–H and O–H groups in total. The Bertz CT molecular complexity index is 158. The third-order valence-electron chi connectivity index (χ3n) is 3.58. The molecule has 0 aliphatic heterocycles. The minimum atomic E-state index is -0.231. The molecule has 4 atom stereocenters. The van der Waals surface area contributed by atoms with Gasteiger partial charge in [-0.2, -0.15) is 0 Å². The summed E-state index contributed by atoms with van der Waals surface area (Å²) in [5, 5.41) is 9.63. The summed E-state index contributed by atoms with van der Waals surface area (Å²) < 4.78 is 0. The van der Waals surface area contributed by atoms with E-state index in [1.54, 1.807) is 0 Å². The summed E-state index contributed by atoms with van der Waals surface area (Å²) in [6.45, 7) is 0. The van der Waals surface area contributed by atoms with Gasteiger partial charge in [-0.15, -0.1) is 11.6 Å². The van der Waals surface area contributed by atoms with Gasteiger partial charge >= 0.3 is 0 Å². The Morgan fingerprint density at radius 2 is 1.75 bits per heavy atom. The van der Waals surface area contributed by atoms with Crippen LogP contribution >= 0.6 is 11.6 Å². The Morgan fingerprint density at radius 3 is 2.58 bits per heavy atom. The quantitative estimate of drug-likeness (QED) is 0.580. The van der Waals surface area contributed by atoms with Gasteiger partial charge in [0, 0.05) is 0 Å². The highest BCUT2D eigenvalue weighted by Crippen LogP contribution is 2.42. The van der Waals surface area contributed by atoms with Crippen LogP contribution in [0.1, 0.15) is 38.5 Å². The number of alkyl halides is 1. The average molecular weight is 189 g/mol. The summed E-state index contributed by atoms with van der Waals surface area (Å²) in [5.41, 5.74) is 0. The van der Waals surface area contributed by atoms with Crippen molar-refractivity contribution < 1.29 is 5.11 Å². The van der Waals surface area contributed by atoms with Crippen molar-refractivity contribution in [3.63, 3.8) is 0 Å². The van der Waals surface area contributed by atoms with E-state index >= 15 is 0 Å². The van der Waals surface area contributed by atoms with Gasteiger partial charge in [-0.1, -0.05) is 19.3 Å². The van der Waals surface area contributed by atoms with Crippen molar-refractivity contribution in [2.24, 2.45) is 11.8 Å². The minimum absolute atomic E-state index is 0.0454. The first-order valence-electron chi connectivity index (χ1n) is 5.11. The lowest BCUT2D eigenvalue weighted by atomic mass is 9.70. The lowest BCUT2D eigenvalue weighted by Crippen LogP contribution is -2.40. The Balaban J connectivity index is 2.03. The molecule has 0 radical (unpaired) electrons. The van der Waals surface area contributed by atoms with Crippen LogP contribution in [0.2, 0.25) is 0 Å². The summed E-state index contributed by atoms with van der Waals surface area (Å²) in [6, 6.07) is 0. The molecule has 12 heavy (non-hydrogen) atoms. The summed E-state index contributed by atoms with van der Waals surface area (Å²) in [5.74, 6) is 1.44. The van der Waals surface area contributed by atoms with Crippen molar-refractivity contribution in [1.29, 1.82) is 0 Å². The number of aliphatic hydroxyl groups is 1. The second-order valence-electron chi connectivity index (χ2n) is 4.30. The van der Waals surface area contributed by atoms with Crippen molar-refractivity contribution in [2.45, 2.75) is 50.0 Å². The number of hydrogen-bond donors (Lipinski definition) is 1.